The van der Waals surface area contributed by atoms with Crippen molar-refractivity contribution in [3.05, 3.63) is 0 Å². The van der Waals surface area contributed by atoms with E-state index in [4.69, 9.17) is 0 Å². The number of nitrogens with zero attached hydrogens (tertiary/aromatic N) is 1. The number of hydrogen-bond acceptors (Lipinski definition) is 2. The summed E-state index contributed by atoms with van der Waals surface area (Å²) in [7, 11) is 2.03. The average molecular weight is 184 g/mol. The Kier molecular flexibility index (Phi) is 4.74. The molecule has 2 nitrogen and oxygen atoms in total. The molecule has 0 aromatic heterocycles. The second-order valence-corrected chi connectivity index (χ2v) is 4.27. The minimum absolute atomic E-state index is 0.748. The van der Waals surface area contributed by atoms with E-state index in [1.165, 1.54) is 32.4 Å². The minimum Gasteiger partial charge on any atom is -0.320 e. The lowest BCUT2D eigenvalue weighted by molar-refractivity contribution is 0.201. The maximum atomic E-state index is 3.22. The van der Waals surface area contributed by atoms with Gasteiger partial charge in [0.1, 0.15) is 0 Å². The lowest BCUT2D eigenvalue weighted by Gasteiger charge is -2.27. The SMILES string of the molecule is CCN(CC1CC1)C(C)CCNC. The van der Waals surface area contributed by atoms with E-state index in [-0.39, 0.29) is 0 Å². The quantitative estimate of drug-likeness (QED) is 0.648. The van der Waals surface area contributed by atoms with Crippen LogP contribution in [0.25, 0.3) is 0 Å². The molecule has 0 bridgehead atoms. The van der Waals surface area contributed by atoms with E-state index in [1.807, 2.05) is 7.05 Å². The summed E-state index contributed by atoms with van der Waals surface area (Å²) in [5, 5.41) is 3.22. The summed E-state index contributed by atoms with van der Waals surface area (Å²) in [6.45, 7) is 8.31. The monoisotopic (exact) mass is 184 g/mol. The highest BCUT2D eigenvalue weighted by Gasteiger charge is 2.25. The van der Waals surface area contributed by atoms with Crippen molar-refractivity contribution in [2.24, 2.45) is 5.92 Å². The van der Waals surface area contributed by atoms with Crippen molar-refractivity contribution >= 4 is 0 Å². The number of rotatable bonds is 7. The maximum absolute atomic E-state index is 3.22. The maximum Gasteiger partial charge on any atom is 0.00790 e. The predicted molar refractivity (Wildman–Crippen MR) is 58.0 cm³/mol. The second kappa shape index (κ2) is 5.61. The van der Waals surface area contributed by atoms with Crippen LogP contribution in [0.3, 0.4) is 0 Å². The lowest BCUT2D eigenvalue weighted by atomic mass is 10.2. The Labute approximate surface area is 82.7 Å². The van der Waals surface area contributed by atoms with Gasteiger partial charge in [0.05, 0.1) is 0 Å². The molecule has 2 heteroatoms. The summed E-state index contributed by atoms with van der Waals surface area (Å²) in [4.78, 5) is 2.62. The van der Waals surface area contributed by atoms with Crippen molar-refractivity contribution in [1.29, 1.82) is 0 Å². The Morgan fingerprint density at radius 1 is 1.46 bits per heavy atom. The van der Waals surface area contributed by atoms with Crippen LogP contribution >= 0.6 is 0 Å². The standard InChI is InChI=1S/C11H24N2/c1-4-13(9-11-5-6-11)10(2)7-8-12-3/h10-12H,4-9H2,1-3H3. The zero-order valence-corrected chi connectivity index (χ0v) is 9.34. The van der Waals surface area contributed by atoms with E-state index < -0.39 is 0 Å². The number of nitrogens with one attached hydrogen (secondary N) is 1. The fourth-order valence-corrected chi connectivity index (χ4v) is 1.79. The van der Waals surface area contributed by atoms with Gasteiger partial charge >= 0.3 is 0 Å². The van der Waals surface area contributed by atoms with Crippen LogP contribution in [-0.4, -0.2) is 37.6 Å². The Morgan fingerprint density at radius 2 is 2.15 bits per heavy atom. The molecule has 1 N–H and O–H groups in total. The van der Waals surface area contributed by atoms with E-state index >= 15 is 0 Å². The topological polar surface area (TPSA) is 15.3 Å². The highest BCUT2D eigenvalue weighted by molar-refractivity contribution is 4.79. The van der Waals surface area contributed by atoms with Crippen LogP contribution in [0.2, 0.25) is 0 Å². The van der Waals surface area contributed by atoms with Crippen molar-refractivity contribution < 1.29 is 0 Å². The van der Waals surface area contributed by atoms with Gasteiger partial charge < -0.3 is 10.2 Å². The van der Waals surface area contributed by atoms with Gasteiger partial charge in [0.15, 0.2) is 0 Å². The van der Waals surface area contributed by atoms with E-state index in [1.54, 1.807) is 0 Å². The Morgan fingerprint density at radius 3 is 2.62 bits per heavy atom. The molecule has 0 aromatic rings. The molecule has 0 aliphatic heterocycles. The Hall–Kier alpha value is -0.0800. The van der Waals surface area contributed by atoms with Gasteiger partial charge in [0.2, 0.25) is 0 Å². The average Bonchev–Trinajstić information content (AvgIpc) is 2.93. The highest BCUT2D eigenvalue weighted by Crippen LogP contribution is 2.30. The first-order chi connectivity index (χ1) is 6.27. The van der Waals surface area contributed by atoms with Gasteiger partial charge in [-0.1, -0.05) is 6.92 Å². The Bertz CT molecular complexity index is 132. The molecule has 1 aliphatic rings. The van der Waals surface area contributed by atoms with Crippen LogP contribution < -0.4 is 5.32 Å². The summed E-state index contributed by atoms with van der Waals surface area (Å²) < 4.78 is 0. The Balaban J connectivity index is 2.17. The zero-order chi connectivity index (χ0) is 9.68. The van der Waals surface area contributed by atoms with Crippen LogP contribution in [0.5, 0.6) is 0 Å². The first-order valence-electron chi connectivity index (χ1n) is 5.66. The van der Waals surface area contributed by atoms with Gasteiger partial charge in [-0.05, 0) is 52.2 Å². The van der Waals surface area contributed by atoms with Crippen molar-refractivity contribution in [3.63, 3.8) is 0 Å². The summed E-state index contributed by atoms with van der Waals surface area (Å²) in [5.41, 5.74) is 0. The second-order valence-electron chi connectivity index (χ2n) is 4.27. The molecule has 0 radical (unpaired) electrons. The molecule has 0 heterocycles. The van der Waals surface area contributed by atoms with Crippen LogP contribution in [0.15, 0.2) is 0 Å². The molecule has 1 atom stereocenters. The molecular formula is C11H24N2. The van der Waals surface area contributed by atoms with E-state index in [9.17, 15) is 0 Å². The van der Waals surface area contributed by atoms with Crippen molar-refractivity contribution in [1.82, 2.24) is 10.2 Å². The van der Waals surface area contributed by atoms with Crippen LogP contribution in [0, 0.1) is 5.92 Å². The first-order valence-corrected chi connectivity index (χ1v) is 5.66. The molecule has 1 fully saturated rings. The van der Waals surface area contributed by atoms with Crippen LogP contribution in [0.4, 0.5) is 0 Å². The van der Waals surface area contributed by atoms with Gasteiger partial charge in [-0.3, -0.25) is 0 Å². The van der Waals surface area contributed by atoms with E-state index in [0.717, 1.165) is 18.5 Å². The van der Waals surface area contributed by atoms with Gasteiger partial charge in [-0.2, -0.15) is 0 Å². The number of hydrogen-bond donors (Lipinski definition) is 1. The fourth-order valence-electron chi connectivity index (χ4n) is 1.79. The predicted octanol–water partition coefficient (Wildman–Crippen LogP) is 1.72. The smallest absolute Gasteiger partial charge is 0.00790 e. The molecule has 0 aromatic carbocycles. The third kappa shape index (κ3) is 4.10. The third-order valence-corrected chi connectivity index (χ3v) is 3.03. The van der Waals surface area contributed by atoms with Crippen molar-refractivity contribution in [3.8, 4) is 0 Å². The molecular weight excluding hydrogens is 160 g/mol. The molecule has 1 aliphatic carbocycles. The van der Waals surface area contributed by atoms with Gasteiger partial charge in [0.25, 0.3) is 0 Å². The molecule has 1 rings (SSSR count). The first kappa shape index (κ1) is 11.0. The fraction of sp³-hybridized carbons (Fsp3) is 1.00. The van der Waals surface area contributed by atoms with E-state index in [2.05, 4.69) is 24.1 Å². The van der Waals surface area contributed by atoms with Gasteiger partial charge in [-0.15, -0.1) is 0 Å². The molecule has 1 unspecified atom stereocenters. The molecule has 0 amide bonds. The van der Waals surface area contributed by atoms with Crippen molar-refractivity contribution in [2.75, 3.05) is 26.7 Å². The normalized spacial score (nSPS) is 19.4. The third-order valence-electron chi connectivity index (χ3n) is 3.03. The summed E-state index contributed by atoms with van der Waals surface area (Å²) in [6, 6.07) is 0.748. The summed E-state index contributed by atoms with van der Waals surface area (Å²) in [6.07, 6.45) is 4.21. The zero-order valence-electron chi connectivity index (χ0n) is 9.34. The molecule has 0 saturated heterocycles. The summed E-state index contributed by atoms with van der Waals surface area (Å²) >= 11 is 0. The van der Waals surface area contributed by atoms with Gasteiger partial charge in [-0.25, -0.2) is 0 Å². The molecule has 0 spiro atoms. The molecule has 78 valence electrons. The summed E-state index contributed by atoms with van der Waals surface area (Å²) in [5.74, 6) is 1.02. The molecule has 1 saturated carbocycles. The van der Waals surface area contributed by atoms with Crippen molar-refractivity contribution in [2.45, 2.75) is 39.2 Å². The minimum atomic E-state index is 0.748. The van der Waals surface area contributed by atoms with Crippen LogP contribution in [0.1, 0.15) is 33.1 Å². The molecule has 13 heavy (non-hydrogen) atoms. The lowest BCUT2D eigenvalue weighted by Crippen LogP contribution is -2.36. The van der Waals surface area contributed by atoms with Gasteiger partial charge in [0, 0.05) is 12.6 Å². The van der Waals surface area contributed by atoms with Crippen LogP contribution in [-0.2, 0) is 0 Å². The largest absolute Gasteiger partial charge is 0.320 e. The highest BCUT2D eigenvalue weighted by atomic mass is 15.1. The van der Waals surface area contributed by atoms with E-state index in [0.29, 0.717) is 0 Å².